The molecule has 112 valence electrons. The summed E-state index contributed by atoms with van der Waals surface area (Å²) in [5, 5.41) is 11.4. The van der Waals surface area contributed by atoms with Crippen LogP contribution in [0.2, 0.25) is 5.02 Å². The van der Waals surface area contributed by atoms with Crippen LogP contribution in [-0.2, 0) is 12.0 Å². The van der Waals surface area contributed by atoms with E-state index in [1.54, 1.807) is 33.3 Å². The van der Waals surface area contributed by atoms with Crippen molar-refractivity contribution in [1.29, 1.82) is 0 Å². The molecule has 0 radical (unpaired) electrons. The van der Waals surface area contributed by atoms with Crippen LogP contribution >= 0.6 is 11.6 Å². The molecule has 0 fully saturated rings. The van der Waals surface area contributed by atoms with Crippen LogP contribution in [0, 0.1) is 0 Å². The molecule has 2 rings (SSSR count). The lowest BCUT2D eigenvalue weighted by Gasteiger charge is -2.25. The summed E-state index contributed by atoms with van der Waals surface area (Å²) in [6.45, 7) is 1.78. The Morgan fingerprint density at radius 1 is 1.00 bits per heavy atom. The van der Waals surface area contributed by atoms with Crippen LogP contribution in [0.1, 0.15) is 18.1 Å². The topological polar surface area (TPSA) is 38.7 Å². The fourth-order valence-corrected chi connectivity index (χ4v) is 2.40. The fourth-order valence-electron chi connectivity index (χ4n) is 2.27. The van der Waals surface area contributed by atoms with Crippen LogP contribution in [0.4, 0.5) is 0 Å². The summed E-state index contributed by atoms with van der Waals surface area (Å²) >= 11 is 5.88. The van der Waals surface area contributed by atoms with Crippen LogP contribution in [0.15, 0.2) is 42.5 Å². The van der Waals surface area contributed by atoms with Crippen molar-refractivity contribution in [2.75, 3.05) is 14.2 Å². The van der Waals surface area contributed by atoms with Crippen molar-refractivity contribution in [3.05, 3.63) is 58.6 Å². The monoisotopic (exact) mass is 306 g/mol. The van der Waals surface area contributed by atoms with Crippen LogP contribution in [0.5, 0.6) is 11.5 Å². The molecule has 0 heterocycles. The third-order valence-corrected chi connectivity index (χ3v) is 3.72. The van der Waals surface area contributed by atoms with Gasteiger partial charge in [0.05, 0.1) is 19.8 Å². The third kappa shape index (κ3) is 3.69. The Bertz CT molecular complexity index is 606. The second-order valence-corrected chi connectivity index (χ2v) is 5.58. The predicted octanol–water partition coefficient (Wildman–Crippen LogP) is 3.81. The highest BCUT2D eigenvalue weighted by atomic mass is 35.5. The number of benzene rings is 2. The Morgan fingerprint density at radius 3 is 2.19 bits per heavy atom. The molecule has 2 aromatic carbocycles. The van der Waals surface area contributed by atoms with Crippen molar-refractivity contribution in [2.24, 2.45) is 0 Å². The Hall–Kier alpha value is -1.71. The summed E-state index contributed by atoms with van der Waals surface area (Å²) in [5.74, 6) is 1.25. The highest BCUT2D eigenvalue weighted by molar-refractivity contribution is 6.30. The van der Waals surface area contributed by atoms with Gasteiger partial charge in [0.15, 0.2) is 11.5 Å². The van der Waals surface area contributed by atoms with Gasteiger partial charge in [0.1, 0.15) is 0 Å². The van der Waals surface area contributed by atoms with E-state index >= 15 is 0 Å². The maximum atomic E-state index is 10.8. The van der Waals surface area contributed by atoms with Crippen LogP contribution in [0.3, 0.4) is 0 Å². The molecular weight excluding hydrogens is 288 g/mol. The summed E-state index contributed by atoms with van der Waals surface area (Å²) in [6.07, 6.45) is 0.486. The molecule has 21 heavy (non-hydrogen) atoms. The van der Waals surface area contributed by atoms with Crippen molar-refractivity contribution in [3.63, 3.8) is 0 Å². The molecule has 0 saturated heterocycles. The maximum absolute atomic E-state index is 10.8. The number of hydrogen-bond donors (Lipinski definition) is 1. The van der Waals surface area contributed by atoms with E-state index in [0.29, 0.717) is 22.9 Å². The zero-order valence-corrected chi connectivity index (χ0v) is 13.1. The summed E-state index contributed by atoms with van der Waals surface area (Å²) < 4.78 is 10.5. The predicted molar refractivity (Wildman–Crippen MR) is 84.3 cm³/mol. The van der Waals surface area contributed by atoms with Gasteiger partial charge in [0.2, 0.25) is 0 Å². The molecule has 0 amide bonds. The minimum absolute atomic E-state index is 0.486. The summed E-state index contributed by atoms with van der Waals surface area (Å²) in [7, 11) is 3.17. The van der Waals surface area contributed by atoms with Crippen LogP contribution in [0.25, 0.3) is 0 Å². The Kier molecular flexibility index (Phi) is 4.76. The minimum atomic E-state index is -1.01. The Labute approximate surface area is 130 Å². The number of halogens is 1. The molecule has 0 aliphatic heterocycles. The molecule has 2 aromatic rings. The second kappa shape index (κ2) is 6.37. The van der Waals surface area contributed by atoms with E-state index in [1.807, 2.05) is 30.3 Å². The molecule has 3 nitrogen and oxygen atoms in total. The van der Waals surface area contributed by atoms with Crippen molar-refractivity contribution in [2.45, 2.75) is 18.9 Å². The lowest BCUT2D eigenvalue weighted by molar-refractivity contribution is 0.0573. The molecular formula is C17H19ClO3. The largest absolute Gasteiger partial charge is 0.493 e. The molecule has 1 N–H and O–H groups in total. The normalized spacial score (nSPS) is 13.6. The smallest absolute Gasteiger partial charge is 0.161 e. The van der Waals surface area contributed by atoms with Gasteiger partial charge in [0, 0.05) is 11.4 Å². The standard InChI is InChI=1S/C17H19ClO3/c1-17(19,11-12-4-7-14(18)8-5-12)13-6-9-15(20-2)16(10-13)21-3/h4-10,19H,11H2,1-3H3. The second-order valence-electron chi connectivity index (χ2n) is 5.15. The lowest BCUT2D eigenvalue weighted by Crippen LogP contribution is -2.24. The maximum Gasteiger partial charge on any atom is 0.161 e. The van der Waals surface area contributed by atoms with Crippen molar-refractivity contribution in [3.8, 4) is 11.5 Å². The number of ether oxygens (including phenoxy) is 2. The van der Waals surface area contributed by atoms with Gasteiger partial charge < -0.3 is 14.6 Å². The number of methoxy groups -OCH3 is 2. The molecule has 1 atom stereocenters. The summed E-state index contributed by atoms with van der Waals surface area (Å²) in [6, 6.07) is 12.9. The van der Waals surface area contributed by atoms with Gasteiger partial charge in [-0.1, -0.05) is 29.8 Å². The van der Waals surface area contributed by atoms with Gasteiger partial charge >= 0.3 is 0 Å². The quantitative estimate of drug-likeness (QED) is 0.913. The van der Waals surface area contributed by atoms with Gasteiger partial charge in [-0.2, -0.15) is 0 Å². The van der Waals surface area contributed by atoms with E-state index < -0.39 is 5.60 Å². The lowest BCUT2D eigenvalue weighted by atomic mass is 9.89. The Morgan fingerprint density at radius 2 is 1.62 bits per heavy atom. The molecule has 1 unspecified atom stereocenters. The first-order valence-corrected chi connectivity index (χ1v) is 7.03. The molecule has 0 aliphatic rings. The first-order valence-electron chi connectivity index (χ1n) is 6.65. The van der Waals surface area contributed by atoms with Crippen LogP contribution in [-0.4, -0.2) is 19.3 Å². The van der Waals surface area contributed by atoms with Gasteiger partial charge in [-0.05, 0) is 42.3 Å². The zero-order valence-electron chi connectivity index (χ0n) is 12.4. The Balaban J connectivity index is 2.28. The van der Waals surface area contributed by atoms with Gasteiger partial charge in [-0.15, -0.1) is 0 Å². The van der Waals surface area contributed by atoms with Crippen LogP contribution < -0.4 is 9.47 Å². The van der Waals surface area contributed by atoms with Gasteiger partial charge in [-0.3, -0.25) is 0 Å². The number of aliphatic hydroxyl groups is 1. The first-order chi connectivity index (χ1) is 9.96. The molecule has 0 aromatic heterocycles. The SMILES string of the molecule is COc1ccc(C(C)(O)Cc2ccc(Cl)cc2)cc1OC. The third-order valence-electron chi connectivity index (χ3n) is 3.47. The summed E-state index contributed by atoms with van der Waals surface area (Å²) in [4.78, 5) is 0. The van der Waals surface area contributed by atoms with E-state index in [9.17, 15) is 5.11 Å². The highest BCUT2D eigenvalue weighted by Gasteiger charge is 2.25. The van der Waals surface area contributed by atoms with Gasteiger partial charge in [-0.25, -0.2) is 0 Å². The molecule has 0 spiro atoms. The van der Waals surface area contributed by atoms with Crippen molar-refractivity contribution in [1.82, 2.24) is 0 Å². The van der Waals surface area contributed by atoms with E-state index in [4.69, 9.17) is 21.1 Å². The average molecular weight is 307 g/mol. The molecule has 0 bridgehead atoms. The van der Waals surface area contributed by atoms with Crippen molar-refractivity contribution >= 4 is 11.6 Å². The van der Waals surface area contributed by atoms with E-state index in [2.05, 4.69) is 0 Å². The molecule has 0 aliphatic carbocycles. The highest BCUT2D eigenvalue weighted by Crippen LogP contribution is 2.33. The number of rotatable bonds is 5. The minimum Gasteiger partial charge on any atom is -0.493 e. The molecule has 0 saturated carbocycles. The summed E-state index contributed by atoms with van der Waals surface area (Å²) in [5.41, 5.74) is 0.780. The number of hydrogen-bond acceptors (Lipinski definition) is 3. The van der Waals surface area contributed by atoms with Crippen molar-refractivity contribution < 1.29 is 14.6 Å². The fraction of sp³-hybridized carbons (Fsp3) is 0.294. The van der Waals surface area contributed by atoms with Gasteiger partial charge in [0.25, 0.3) is 0 Å². The first kappa shape index (κ1) is 15.7. The van der Waals surface area contributed by atoms with E-state index in [0.717, 1.165) is 11.1 Å². The zero-order chi connectivity index (χ0) is 15.5. The van der Waals surface area contributed by atoms with E-state index in [1.165, 1.54) is 0 Å². The van der Waals surface area contributed by atoms with E-state index in [-0.39, 0.29) is 0 Å². The average Bonchev–Trinajstić information content (AvgIpc) is 2.48. The molecule has 4 heteroatoms.